The Morgan fingerprint density at radius 2 is 1.78 bits per heavy atom. The van der Waals surface area contributed by atoms with Gasteiger partial charge in [0.2, 0.25) is 0 Å². The zero-order chi connectivity index (χ0) is 18.8. The maximum atomic E-state index is 14.7. The first-order valence-corrected chi connectivity index (χ1v) is 9.40. The zero-order valence-corrected chi connectivity index (χ0v) is 15.8. The summed E-state index contributed by atoms with van der Waals surface area (Å²) in [5, 5.41) is 1.49. The van der Waals surface area contributed by atoms with Crippen LogP contribution >= 0.6 is 0 Å². The van der Waals surface area contributed by atoms with Crippen LogP contribution in [0.5, 0.6) is 5.75 Å². The number of piperazine rings is 1. The molecule has 0 N–H and O–H groups in total. The fraction of sp³-hybridized carbons (Fsp3) is 0.318. The molecule has 0 radical (unpaired) electrons. The number of hydrogen-bond acceptors (Lipinski definition) is 4. The molecule has 0 aliphatic carbocycles. The fourth-order valence-electron chi connectivity index (χ4n) is 3.66. The highest BCUT2D eigenvalue weighted by atomic mass is 19.1. The molecule has 0 spiro atoms. The van der Waals surface area contributed by atoms with Gasteiger partial charge in [0.15, 0.2) is 0 Å². The summed E-state index contributed by atoms with van der Waals surface area (Å²) in [5.41, 5.74) is 1.85. The molecule has 1 aliphatic heterocycles. The molecule has 0 atom stereocenters. The molecule has 5 heteroatoms. The molecule has 0 saturated carbocycles. The van der Waals surface area contributed by atoms with E-state index in [4.69, 9.17) is 9.72 Å². The molecule has 2 heterocycles. The minimum Gasteiger partial charge on any atom is -0.497 e. The third-order valence-corrected chi connectivity index (χ3v) is 5.29. The van der Waals surface area contributed by atoms with Gasteiger partial charge in [0.25, 0.3) is 0 Å². The molecule has 1 aliphatic rings. The Morgan fingerprint density at radius 3 is 2.44 bits per heavy atom. The number of benzene rings is 2. The summed E-state index contributed by atoms with van der Waals surface area (Å²) >= 11 is 0. The summed E-state index contributed by atoms with van der Waals surface area (Å²) in [7, 11) is 1.65. The SMILES string of the molecule is CCN1CCN(c2nc(-c3ccc(OC)cc3)cc3cccc(F)c23)CC1. The third kappa shape index (κ3) is 3.47. The Bertz CT molecular complexity index is 934. The molecule has 4 nitrogen and oxygen atoms in total. The topological polar surface area (TPSA) is 28.6 Å². The van der Waals surface area contributed by atoms with E-state index >= 15 is 0 Å². The first kappa shape index (κ1) is 17.7. The van der Waals surface area contributed by atoms with E-state index in [1.54, 1.807) is 13.2 Å². The number of halogens is 1. The predicted molar refractivity (Wildman–Crippen MR) is 108 cm³/mol. The van der Waals surface area contributed by atoms with Crippen LogP contribution < -0.4 is 9.64 Å². The number of aromatic nitrogens is 1. The summed E-state index contributed by atoms with van der Waals surface area (Å²) in [6.45, 7) is 6.88. The first-order chi connectivity index (χ1) is 13.2. The lowest BCUT2D eigenvalue weighted by Crippen LogP contribution is -2.46. The van der Waals surface area contributed by atoms with Gasteiger partial charge >= 0.3 is 0 Å². The van der Waals surface area contributed by atoms with Gasteiger partial charge in [0.1, 0.15) is 17.4 Å². The fourth-order valence-corrected chi connectivity index (χ4v) is 3.66. The lowest BCUT2D eigenvalue weighted by atomic mass is 10.1. The highest BCUT2D eigenvalue weighted by molar-refractivity contribution is 5.95. The molecule has 1 aromatic heterocycles. The van der Waals surface area contributed by atoms with Crippen molar-refractivity contribution < 1.29 is 9.13 Å². The molecule has 140 valence electrons. The largest absolute Gasteiger partial charge is 0.497 e. The highest BCUT2D eigenvalue weighted by Crippen LogP contribution is 2.33. The van der Waals surface area contributed by atoms with E-state index in [9.17, 15) is 4.39 Å². The molecule has 1 fully saturated rings. The van der Waals surface area contributed by atoms with Crippen LogP contribution in [-0.2, 0) is 0 Å². The smallest absolute Gasteiger partial charge is 0.140 e. The second kappa shape index (κ2) is 7.53. The Morgan fingerprint density at radius 1 is 1.04 bits per heavy atom. The van der Waals surface area contributed by atoms with Crippen LogP contribution in [0.2, 0.25) is 0 Å². The van der Waals surface area contributed by atoms with Gasteiger partial charge < -0.3 is 14.5 Å². The number of rotatable bonds is 4. The van der Waals surface area contributed by atoms with E-state index in [1.807, 2.05) is 36.4 Å². The summed E-state index contributed by atoms with van der Waals surface area (Å²) in [5.74, 6) is 1.34. The normalized spacial score (nSPS) is 15.3. The van der Waals surface area contributed by atoms with Gasteiger partial charge in [-0.15, -0.1) is 0 Å². The minimum absolute atomic E-state index is 0.214. The molecular weight excluding hydrogens is 341 g/mol. The molecule has 4 rings (SSSR count). The van der Waals surface area contributed by atoms with Gasteiger partial charge in [-0.1, -0.05) is 19.1 Å². The Hall–Kier alpha value is -2.66. The molecule has 0 unspecified atom stereocenters. The Kier molecular flexibility index (Phi) is 4.94. The standard InChI is InChI=1S/C22H24FN3O/c1-3-25-11-13-26(14-12-25)22-21-17(5-4-6-19(21)23)15-20(24-22)16-7-9-18(27-2)10-8-16/h4-10,15H,3,11-14H2,1-2H3. The summed E-state index contributed by atoms with van der Waals surface area (Å²) < 4.78 is 19.9. The molecule has 1 saturated heterocycles. The van der Waals surface area contributed by atoms with Crippen molar-refractivity contribution in [1.82, 2.24) is 9.88 Å². The van der Waals surface area contributed by atoms with Crippen molar-refractivity contribution in [1.29, 1.82) is 0 Å². The number of fused-ring (bicyclic) bond motifs is 1. The van der Waals surface area contributed by atoms with Gasteiger partial charge in [-0.05, 0) is 48.3 Å². The van der Waals surface area contributed by atoms with Crippen LogP contribution in [0.3, 0.4) is 0 Å². The van der Waals surface area contributed by atoms with E-state index in [1.165, 1.54) is 6.07 Å². The Balaban J connectivity index is 1.80. The molecule has 27 heavy (non-hydrogen) atoms. The van der Waals surface area contributed by atoms with Crippen LogP contribution in [0, 0.1) is 5.82 Å². The number of likely N-dealkylation sites (N-methyl/N-ethyl adjacent to an activating group) is 1. The second-order valence-electron chi connectivity index (χ2n) is 6.82. The van der Waals surface area contributed by atoms with E-state index < -0.39 is 0 Å². The third-order valence-electron chi connectivity index (χ3n) is 5.29. The minimum atomic E-state index is -0.214. The summed E-state index contributed by atoms with van der Waals surface area (Å²) in [6.07, 6.45) is 0. The van der Waals surface area contributed by atoms with Crippen molar-refractivity contribution in [2.75, 3.05) is 44.7 Å². The predicted octanol–water partition coefficient (Wildman–Crippen LogP) is 4.19. The monoisotopic (exact) mass is 365 g/mol. The number of methoxy groups -OCH3 is 1. The van der Waals surface area contributed by atoms with Crippen LogP contribution in [-0.4, -0.2) is 49.7 Å². The van der Waals surface area contributed by atoms with Gasteiger partial charge in [0, 0.05) is 31.7 Å². The van der Waals surface area contributed by atoms with Crippen LogP contribution in [0.25, 0.3) is 22.0 Å². The van der Waals surface area contributed by atoms with Gasteiger partial charge in [-0.3, -0.25) is 0 Å². The van der Waals surface area contributed by atoms with Gasteiger partial charge in [-0.2, -0.15) is 0 Å². The second-order valence-corrected chi connectivity index (χ2v) is 6.82. The van der Waals surface area contributed by atoms with Crippen LogP contribution in [0.15, 0.2) is 48.5 Å². The van der Waals surface area contributed by atoms with Crippen molar-refractivity contribution in [2.24, 2.45) is 0 Å². The number of nitrogens with zero attached hydrogens (tertiary/aromatic N) is 3. The maximum absolute atomic E-state index is 14.7. The lowest BCUT2D eigenvalue weighted by molar-refractivity contribution is 0.271. The molecule has 0 bridgehead atoms. The van der Waals surface area contributed by atoms with Crippen LogP contribution in [0.4, 0.5) is 10.2 Å². The van der Waals surface area contributed by atoms with E-state index in [0.29, 0.717) is 5.39 Å². The first-order valence-electron chi connectivity index (χ1n) is 9.40. The van der Waals surface area contributed by atoms with Crippen molar-refractivity contribution >= 4 is 16.6 Å². The molecule has 3 aromatic rings. The van der Waals surface area contributed by atoms with Crippen molar-refractivity contribution in [2.45, 2.75) is 6.92 Å². The van der Waals surface area contributed by atoms with Gasteiger partial charge in [-0.25, -0.2) is 9.37 Å². The van der Waals surface area contributed by atoms with E-state index in [-0.39, 0.29) is 5.82 Å². The zero-order valence-electron chi connectivity index (χ0n) is 15.8. The lowest BCUT2D eigenvalue weighted by Gasteiger charge is -2.35. The van der Waals surface area contributed by atoms with Crippen LogP contribution in [0.1, 0.15) is 6.92 Å². The quantitative estimate of drug-likeness (QED) is 0.693. The average Bonchev–Trinajstić information content (AvgIpc) is 2.73. The molecule has 2 aromatic carbocycles. The van der Waals surface area contributed by atoms with Crippen molar-refractivity contribution in [3.63, 3.8) is 0 Å². The van der Waals surface area contributed by atoms with Crippen molar-refractivity contribution in [3.05, 3.63) is 54.3 Å². The highest BCUT2D eigenvalue weighted by Gasteiger charge is 2.21. The number of pyridine rings is 1. The van der Waals surface area contributed by atoms with E-state index in [2.05, 4.69) is 16.7 Å². The van der Waals surface area contributed by atoms with Gasteiger partial charge in [0.05, 0.1) is 18.2 Å². The average molecular weight is 365 g/mol. The molecular formula is C22H24FN3O. The number of hydrogen-bond donors (Lipinski definition) is 0. The summed E-state index contributed by atoms with van der Waals surface area (Å²) in [6, 6.07) is 15.0. The maximum Gasteiger partial charge on any atom is 0.140 e. The van der Waals surface area contributed by atoms with E-state index in [0.717, 1.165) is 60.9 Å². The van der Waals surface area contributed by atoms with Crippen molar-refractivity contribution in [3.8, 4) is 17.0 Å². The molecule has 0 amide bonds. The Labute approximate surface area is 159 Å². The summed E-state index contributed by atoms with van der Waals surface area (Å²) in [4.78, 5) is 9.51. The number of anilines is 1. The number of ether oxygens (including phenoxy) is 1.